The first kappa shape index (κ1) is 17.2. The lowest BCUT2D eigenvalue weighted by atomic mass is 10.2. The maximum Gasteiger partial charge on any atom is 0.175 e. The summed E-state index contributed by atoms with van der Waals surface area (Å²) >= 11 is 5.27. The van der Waals surface area contributed by atoms with E-state index in [1.807, 2.05) is 12.1 Å². The van der Waals surface area contributed by atoms with Crippen molar-refractivity contribution in [3.63, 3.8) is 0 Å². The third kappa shape index (κ3) is 4.93. The van der Waals surface area contributed by atoms with Crippen molar-refractivity contribution < 1.29 is 4.39 Å². The van der Waals surface area contributed by atoms with Crippen LogP contribution in [-0.4, -0.2) is 17.7 Å². The van der Waals surface area contributed by atoms with E-state index in [1.54, 1.807) is 12.1 Å². The third-order valence-corrected chi connectivity index (χ3v) is 3.73. The summed E-state index contributed by atoms with van der Waals surface area (Å²) in [6, 6.07) is 14.7. The van der Waals surface area contributed by atoms with Gasteiger partial charge in [-0.2, -0.15) is 0 Å². The van der Waals surface area contributed by atoms with Gasteiger partial charge in [0.05, 0.1) is 0 Å². The average Bonchev–Trinajstić information content (AvgIpc) is 2.51. The average molecular weight is 331 g/mol. The number of nitrogens with zero attached hydrogens (tertiary/aromatic N) is 1. The number of hydrogen-bond acceptors (Lipinski definition) is 2. The van der Waals surface area contributed by atoms with E-state index in [1.165, 1.54) is 17.8 Å². The van der Waals surface area contributed by atoms with Crippen molar-refractivity contribution in [1.29, 1.82) is 0 Å². The molecule has 0 aliphatic heterocycles. The van der Waals surface area contributed by atoms with E-state index in [2.05, 4.69) is 48.4 Å². The van der Waals surface area contributed by atoms with E-state index >= 15 is 0 Å². The highest BCUT2D eigenvalue weighted by Gasteiger charge is 2.08. The monoisotopic (exact) mass is 331 g/mol. The van der Waals surface area contributed by atoms with Gasteiger partial charge in [-0.1, -0.05) is 0 Å². The van der Waals surface area contributed by atoms with Crippen LogP contribution in [0.25, 0.3) is 0 Å². The first-order chi connectivity index (χ1) is 11.0. The molecule has 0 fully saturated rings. The predicted octanol–water partition coefficient (Wildman–Crippen LogP) is 4.87. The molecule has 0 amide bonds. The molecule has 0 aliphatic carbocycles. The van der Waals surface area contributed by atoms with Crippen LogP contribution in [0.1, 0.15) is 20.8 Å². The van der Waals surface area contributed by atoms with Gasteiger partial charge in [0.1, 0.15) is 5.82 Å². The molecule has 0 aromatic heterocycles. The highest BCUT2D eigenvalue weighted by atomic mass is 32.1. The van der Waals surface area contributed by atoms with E-state index in [9.17, 15) is 4.39 Å². The van der Waals surface area contributed by atoms with E-state index in [0.717, 1.165) is 17.9 Å². The molecule has 23 heavy (non-hydrogen) atoms. The Labute approximate surface area is 142 Å². The third-order valence-electron chi connectivity index (χ3n) is 3.52. The molecule has 122 valence electrons. The summed E-state index contributed by atoms with van der Waals surface area (Å²) in [5.74, 6) is -0.268. The number of thiocarbonyl (C=S) groups is 1. The van der Waals surface area contributed by atoms with Crippen molar-refractivity contribution >= 4 is 34.4 Å². The number of nitrogens with one attached hydrogen (secondary N) is 2. The lowest BCUT2D eigenvalue weighted by Crippen LogP contribution is -2.30. The molecule has 0 saturated carbocycles. The van der Waals surface area contributed by atoms with Crippen LogP contribution in [0.2, 0.25) is 0 Å². The number of halogens is 1. The zero-order chi connectivity index (χ0) is 16.8. The SMILES string of the molecule is CCN(c1ccc(NC(=S)Nc2ccc(F)cc2)cc1)C(C)C. The second-order valence-electron chi connectivity index (χ2n) is 5.51. The number of hydrogen-bond donors (Lipinski definition) is 2. The van der Waals surface area contributed by atoms with Gasteiger partial charge >= 0.3 is 0 Å². The second-order valence-corrected chi connectivity index (χ2v) is 5.92. The minimum Gasteiger partial charge on any atom is -0.369 e. The van der Waals surface area contributed by atoms with Gasteiger partial charge in [-0.3, -0.25) is 0 Å². The maximum atomic E-state index is 12.9. The molecule has 0 bridgehead atoms. The predicted molar refractivity (Wildman–Crippen MR) is 101 cm³/mol. The molecular formula is C18H22FN3S. The summed E-state index contributed by atoms with van der Waals surface area (Å²) in [4.78, 5) is 2.32. The standard InChI is InChI=1S/C18H22FN3S/c1-4-22(13(2)3)17-11-9-16(10-12-17)21-18(23)20-15-7-5-14(19)6-8-15/h5-13H,4H2,1-3H3,(H2,20,21,23). The Morgan fingerprint density at radius 2 is 1.48 bits per heavy atom. The highest BCUT2D eigenvalue weighted by molar-refractivity contribution is 7.80. The van der Waals surface area contributed by atoms with E-state index in [0.29, 0.717) is 11.2 Å². The summed E-state index contributed by atoms with van der Waals surface area (Å²) in [6.45, 7) is 7.47. The van der Waals surface area contributed by atoms with Crippen LogP contribution in [0.4, 0.5) is 21.5 Å². The van der Waals surface area contributed by atoms with Crippen LogP contribution in [0, 0.1) is 5.82 Å². The maximum absolute atomic E-state index is 12.9. The Morgan fingerprint density at radius 3 is 1.91 bits per heavy atom. The highest BCUT2D eigenvalue weighted by Crippen LogP contribution is 2.20. The van der Waals surface area contributed by atoms with E-state index < -0.39 is 0 Å². The summed E-state index contributed by atoms with van der Waals surface area (Å²) < 4.78 is 12.9. The second kappa shape index (κ2) is 7.92. The fourth-order valence-corrected chi connectivity index (χ4v) is 2.64. The number of anilines is 3. The molecule has 0 heterocycles. The molecule has 2 rings (SSSR count). The van der Waals surface area contributed by atoms with Crippen molar-refractivity contribution in [3.05, 3.63) is 54.3 Å². The zero-order valence-corrected chi connectivity index (χ0v) is 14.5. The summed E-state index contributed by atoms with van der Waals surface area (Å²) in [7, 11) is 0. The molecule has 0 unspecified atom stereocenters. The molecule has 3 nitrogen and oxygen atoms in total. The fourth-order valence-electron chi connectivity index (χ4n) is 2.41. The molecule has 0 spiro atoms. The zero-order valence-electron chi connectivity index (χ0n) is 13.6. The molecule has 2 N–H and O–H groups in total. The Hall–Kier alpha value is -2.14. The molecule has 0 saturated heterocycles. The van der Waals surface area contributed by atoms with Crippen LogP contribution >= 0.6 is 12.2 Å². The van der Waals surface area contributed by atoms with Gasteiger partial charge in [0.2, 0.25) is 0 Å². The largest absolute Gasteiger partial charge is 0.369 e. The number of rotatable bonds is 5. The first-order valence-corrected chi connectivity index (χ1v) is 8.10. The van der Waals surface area contributed by atoms with E-state index in [4.69, 9.17) is 12.2 Å². The topological polar surface area (TPSA) is 27.3 Å². The minimum absolute atomic E-state index is 0.268. The minimum atomic E-state index is -0.268. The molecule has 0 aliphatic rings. The van der Waals surface area contributed by atoms with Gasteiger partial charge in [-0.25, -0.2) is 4.39 Å². The summed E-state index contributed by atoms with van der Waals surface area (Å²) in [5.41, 5.74) is 2.84. The van der Waals surface area contributed by atoms with Gasteiger partial charge in [0, 0.05) is 29.6 Å². The van der Waals surface area contributed by atoms with Crippen molar-refractivity contribution in [3.8, 4) is 0 Å². The van der Waals surface area contributed by atoms with Crippen molar-refractivity contribution in [2.24, 2.45) is 0 Å². The lowest BCUT2D eigenvalue weighted by Gasteiger charge is -2.27. The van der Waals surface area contributed by atoms with Gasteiger partial charge in [0.15, 0.2) is 5.11 Å². The molecule has 2 aromatic carbocycles. The molecule has 0 radical (unpaired) electrons. The van der Waals surface area contributed by atoms with Crippen LogP contribution in [0.15, 0.2) is 48.5 Å². The fraction of sp³-hybridized carbons (Fsp3) is 0.278. The Kier molecular flexibility index (Phi) is 5.93. The van der Waals surface area contributed by atoms with Crippen LogP contribution in [0.3, 0.4) is 0 Å². The van der Waals surface area contributed by atoms with Crippen molar-refractivity contribution in [2.45, 2.75) is 26.8 Å². The van der Waals surface area contributed by atoms with E-state index in [-0.39, 0.29) is 5.82 Å². The number of benzene rings is 2. The van der Waals surface area contributed by atoms with Crippen molar-refractivity contribution in [1.82, 2.24) is 0 Å². The van der Waals surface area contributed by atoms with Gasteiger partial charge < -0.3 is 15.5 Å². The van der Waals surface area contributed by atoms with Crippen LogP contribution < -0.4 is 15.5 Å². The lowest BCUT2D eigenvalue weighted by molar-refractivity contribution is 0.628. The van der Waals surface area contributed by atoms with Crippen LogP contribution in [-0.2, 0) is 0 Å². The van der Waals surface area contributed by atoms with Gasteiger partial charge in [0.25, 0.3) is 0 Å². The summed E-state index contributed by atoms with van der Waals surface area (Å²) in [5, 5.41) is 6.63. The Morgan fingerprint density at radius 1 is 1.00 bits per heavy atom. The molecular weight excluding hydrogens is 309 g/mol. The first-order valence-electron chi connectivity index (χ1n) is 7.70. The smallest absolute Gasteiger partial charge is 0.175 e. The van der Waals surface area contributed by atoms with Crippen LogP contribution in [0.5, 0.6) is 0 Å². The Bertz CT molecular complexity index is 638. The Balaban J connectivity index is 1.97. The van der Waals surface area contributed by atoms with Gasteiger partial charge in [-0.15, -0.1) is 0 Å². The normalized spacial score (nSPS) is 10.5. The van der Waals surface area contributed by atoms with Gasteiger partial charge in [-0.05, 0) is 81.5 Å². The molecule has 0 atom stereocenters. The quantitative estimate of drug-likeness (QED) is 0.765. The summed E-state index contributed by atoms with van der Waals surface area (Å²) in [6.07, 6.45) is 0. The molecule has 5 heteroatoms. The van der Waals surface area contributed by atoms with Crippen molar-refractivity contribution in [2.75, 3.05) is 22.1 Å². The molecule has 2 aromatic rings.